The fourth-order valence-electron chi connectivity index (χ4n) is 2.90. The third-order valence-electron chi connectivity index (χ3n) is 4.33. The normalized spacial score (nSPS) is 10.6. The van der Waals surface area contributed by atoms with Crippen LogP contribution in [0.5, 0.6) is 0 Å². The molecule has 0 aliphatic heterocycles. The molecule has 0 saturated heterocycles. The first kappa shape index (κ1) is 20.5. The number of anilines is 2. The average molecular weight is 390 g/mol. The Kier molecular flexibility index (Phi) is 7.30. The number of ether oxygens (including phenoxy) is 1. The molecule has 29 heavy (non-hydrogen) atoms. The van der Waals surface area contributed by atoms with E-state index in [1.54, 1.807) is 6.07 Å². The molecule has 0 fully saturated rings. The van der Waals surface area contributed by atoms with E-state index >= 15 is 0 Å². The van der Waals surface area contributed by atoms with Crippen LogP contribution >= 0.6 is 0 Å². The number of carbonyl (C=O) groups is 1. The Hall–Kier alpha value is -3.25. The fourth-order valence-corrected chi connectivity index (χ4v) is 2.90. The van der Waals surface area contributed by atoms with Crippen molar-refractivity contribution in [2.24, 2.45) is 0 Å². The molecule has 0 bridgehead atoms. The maximum atomic E-state index is 12.3. The number of aromatic nitrogens is 2. The molecule has 2 aromatic carbocycles. The number of aryl methyl sites for hydroxylation is 1. The van der Waals surface area contributed by atoms with E-state index in [1.807, 2.05) is 43.3 Å². The summed E-state index contributed by atoms with van der Waals surface area (Å²) in [7, 11) is 0. The van der Waals surface area contributed by atoms with Gasteiger partial charge in [-0.15, -0.1) is 0 Å². The van der Waals surface area contributed by atoms with Crippen molar-refractivity contribution in [3.63, 3.8) is 0 Å². The van der Waals surface area contributed by atoms with E-state index < -0.39 is 0 Å². The molecule has 0 atom stereocenters. The molecule has 2 N–H and O–H groups in total. The van der Waals surface area contributed by atoms with Crippen LogP contribution in [0.15, 0.2) is 60.9 Å². The second-order valence-corrected chi connectivity index (χ2v) is 6.67. The Balaban J connectivity index is 1.66. The smallest absolute Gasteiger partial charge is 0.251 e. The Morgan fingerprint density at radius 1 is 1.07 bits per heavy atom. The minimum Gasteiger partial charge on any atom is -0.382 e. The van der Waals surface area contributed by atoms with Crippen LogP contribution in [0.3, 0.4) is 0 Å². The highest BCUT2D eigenvalue weighted by Crippen LogP contribution is 2.22. The van der Waals surface area contributed by atoms with E-state index in [1.165, 1.54) is 11.9 Å². The van der Waals surface area contributed by atoms with E-state index in [2.05, 4.69) is 39.7 Å². The molecule has 3 rings (SSSR count). The van der Waals surface area contributed by atoms with Crippen molar-refractivity contribution in [1.82, 2.24) is 15.3 Å². The molecule has 3 aromatic rings. The first-order valence-electron chi connectivity index (χ1n) is 9.78. The standard InChI is InChI=1S/C23H26N4O2/c1-3-29-12-6-11-24-23(28)19-9-5-10-20(14-19)27-22-15-21(25-16-26-22)18-8-4-7-17(2)13-18/h4-5,7-10,13-16H,3,6,11-12H2,1-2H3,(H,24,28)(H,25,26,27). The van der Waals surface area contributed by atoms with Gasteiger partial charge in [0.05, 0.1) is 5.69 Å². The SMILES string of the molecule is CCOCCCNC(=O)c1cccc(Nc2cc(-c3cccc(C)c3)ncn2)c1. The molecule has 150 valence electrons. The van der Waals surface area contributed by atoms with Crippen molar-refractivity contribution in [3.8, 4) is 11.3 Å². The summed E-state index contributed by atoms with van der Waals surface area (Å²) in [6.07, 6.45) is 2.33. The molecule has 0 radical (unpaired) electrons. The van der Waals surface area contributed by atoms with Gasteiger partial charge in [-0.2, -0.15) is 0 Å². The summed E-state index contributed by atoms with van der Waals surface area (Å²) in [5.74, 6) is 0.569. The van der Waals surface area contributed by atoms with Crippen LogP contribution in [0.2, 0.25) is 0 Å². The van der Waals surface area contributed by atoms with Gasteiger partial charge >= 0.3 is 0 Å². The summed E-state index contributed by atoms with van der Waals surface area (Å²) in [6, 6.07) is 17.4. The lowest BCUT2D eigenvalue weighted by Gasteiger charge is -2.10. The van der Waals surface area contributed by atoms with Gasteiger partial charge in [0.2, 0.25) is 0 Å². The lowest BCUT2D eigenvalue weighted by atomic mass is 10.1. The number of amides is 1. The van der Waals surface area contributed by atoms with Gasteiger partial charge in [0.15, 0.2) is 0 Å². The van der Waals surface area contributed by atoms with Crippen molar-refractivity contribution in [2.75, 3.05) is 25.1 Å². The summed E-state index contributed by atoms with van der Waals surface area (Å²) in [4.78, 5) is 21.0. The van der Waals surface area contributed by atoms with Crippen LogP contribution in [0.25, 0.3) is 11.3 Å². The van der Waals surface area contributed by atoms with Gasteiger partial charge in [0.1, 0.15) is 12.1 Å². The molecule has 0 saturated carbocycles. The number of hydrogen-bond acceptors (Lipinski definition) is 5. The third kappa shape index (κ3) is 6.12. The first-order chi connectivity index (χ1) is 14.2. The van der Waals surface area contributed by atoms with E-state index in [0.29, 0.717) is 31.1 Å². The van der Waals surface area contributed by atoms with Gasteiger partial charge in [0, 0.05) is 42.6 Å². The topological polar surface area (TPSA) is 76.1 Å². The van der Waals surface area contributed by atoms with Gasteiger partial charge in [-0.05, 0) is 44.5 Å². The highest BCUT2D eigenvalue weighted by Gasteiger charge is 2.07. The van der Waals surface area contributed by atoms with Gasteiger partial charge < -0.3 is 15.4 Å². The highest BCUT2D eigenvalue weighted by molar-refractivity contribution is 5.95. The lowest BCUT2D eigenvalue weighted by molar-refractivity contribution is 0.0944. The molecular weight excluding hydrogens is 364 g/mol. The Bertz CT molecular complexity index is 959. The predicted molar refractivity (Wildman–Crippen MR) is 115 cm³/mol. The Labute approximate surface area is 171 Å². The molecular formula is C23H26N4O2. The minimum atomic E-state index is -0.103. The quantitative estimate of drug-likeness (QED) is 0.531. The average Bonchev–Trinajstić information content (AvgIpc) is 2.74. The maximum absolute atomic E-state index is 12.3. The van der Waals surface area contributed by atoms with Crippen molar-refractivity contribution in [3.05, 3.63) is 72.1 Å². The van der Waals surface area contributed by atoms with Crippen LogP contribution in [0, 0.1) is 6.92 Å². The predicted octanol–water partition coefficient (Wildman–Crippen LogP) is 4.35. The van der Waals surface area contributed by atoms with Crippen LogP contribution in [0.1, 0.15) is 29.3 Å². The fraction of sp³-hybridized carbons (Fsp3) is 0.261. The third-order valence-corrected chi connectivity index (χ3v) is 4.33. The molecule has 0 unspecified atom stereocenters. The molecule has 6 nitrogen and oxygen atoms in total. The second kappa shape index (κ2) is 10.3. The summed E-state index contributed by atoms with van der Waals surface area (Å²) >= 11 is 0. The first-order valence-corrected chi connectivity index (χ1v) is 9.78. The number of carbonyl (C=O) groups excluding carboxylic acids is 1. The number of hydrogen-bond donors (Lipinski definition) is 2. The van der Waals surface area contributed by atoms with Crippen LogP contribution in [-0.4, -0.2) is 35.6 Å². The van der Waals surface area contributed by atoms with E-state index in [9.17, 15) is 4.79 Å². The van der Waals surface area contributed by atoms with Crippen molar-refractivity contribution in [1.29, 1.82) is 0 Å². The zero-order valence-electron chi connectivity index (χ0n) is 16.8. The molecule has 0 aliphatic carbocycles. The number of nitrogens with one attached hydrogen (secondary N) is 2. The molecule has 1 aromatic heterocycles. The van der Waals surface area contributed by atoms with Crippen LogP contribution < -0.4 is 10.6 Å². The second-order valence-electron chi connectivity index (χ2n) is 6.67. The summed E-state index contributed by atoms with van der Waals surface area (Å²) in [5.41, 5.74) is 4.45. The zero-order chi connectivity index (χ0) is 20.5. The monoisotopic (exact) mass is 390 g/mol. The summed E-state index contributed by atoms with van der Waals surface area (Å²) in [5, 5.41) is 6.17. The lowest BCUT2D eigenvalue weighted by Crippen LogP contribution is -2.25. The Morgan fingerprint density at radius 3 is 2.76 bits per heavy atom. The molecule has 1 amide bonds. The highest BCUT2D eigenvalue weighted by atomic mass is 16.5. The minimum absolute atomic E-state index is 0.103. The Morgan fingerprint density at radius 2 is 1.93 bits per heavy atom. The molecule has 0 spiro atoms. The van der Waals surface area contributed by atoms with E-state index in [-0.39, 0.29) is 5.91 Å². The molecule has 1 heterocycles. The number of rotatable bonds is 9. The largest absolute Gasteiger partial charge is 0.382 e. The zero-order valence-corrected chi connectivity index (χ0v) is 16.8. The van der Waals surface area contributed by atoms with Gasteiger partial charge in [-0.25, -0.2) is 9.97 Å². The van der Waals surface area contributed by atoms with Crippen molar-refractivity contribution < 1.29 is 9.53 Å². The number of nitrogens with zero attached hydrogens (tertiary/aromatic N) is 2. The summed E-state index contributed by atoms with van der Waals surface area (Å²) < 4.78 is 5.28. The van der Waals surface area contributed by atoms with Crippen LogP contribution in [0.4, 0.5) is 11.5 Å². The van der Waals surface area contributed by atoms with Crippen LogP contribution in [-0.2, 0) is 4.74 Å². The maximum Gasteiger partial charge on any atom is 0.251 e. The van der Waals surface area contributed by atoms with Crippen molar-refractivity contribution in [2.45, 2.75) is 20.3 Å². The van der Waals surface area contributed by atoms with Gasteiger partial charge in [0.25, 0.3) is 5.91 Å². The molecule has 6 heteroatoms. The van der Waals surface area contributed by atoms with Gasteiger partial charge in [-0.3, -0.25) is 4.79 Å². The number of benzene rings is 2. The summed E-state index contributed by atoms with van der Waals surface area (Å²) in [6.45, 7) is 5.93. The van der Waals surface area contributed by atoms with E-state index in [4.69, 9.17) is 4.74 Å². The molecule has 0 aliphatic rings. The van der Waals surface area contributed by atoms with Gasteiger partial charge in [-0.1, -0.05) is 29.8 Å². The van der Waals surface area contributed by atoms with E-state index in [0.717, 1.165) is 23.4 Å². The van der Waals surface area contributed by atoms with Crippen molar-refractivity contribution >= 4 is 17.4 Å².